The van der Waals surface area contributed by atoms with Gasteiger partial charge in [-0.25, -0.2) is 4.98 Å². The summed E-state index contributed by atoms with van der Waals surface area (Å²) in [6, 6.07) is 1.95. The fourth-order valence-electron chi connectivity index (χ4n) is 1.38. The Balaban J connectivity index is 2.12. The van der Waals surface area contributed by atoms with E-state index in [4.69, 9.17) is 17.3 Å². The smallest absolute Gasteiger partial charge is 0.222 e. The van der Waals surface area contributed by atoms with Crippen LogP contribution in [0.1, 0.15) is 11.1 Å². The second kappa shape index (κ2) is 4.97. The largest absolute Gasteiger partial charge is 0.368 e. The second-order valence-electron chi connectivity index (χ2n) is 3.58. The molecule has 2 aromatic heterocycles. The molecular formula is C11H12ClN5. The number of hydrogen-bond acceptors (Lipinski definition) is 5. The van der Waals surface area contributed by atoms with Crippen molar-refractivity contribution in [2.24, 2.45) is 0 Å². The summed E-state index contributed by atoms with van der Waals surface area (Å²) >= 11 is 5.95. The molecule has 0 aromatic carbocycles. The van der Waals surface area contributed by atoms with E-state index in [9.17, 15) is 0 Å². The van der Waals surface area contributed by atoms with Gasteiger partial charge in [-0.2, -0.15) is 4.98 Å². The number of hydrogen-bond donors (Lipinski definition) is 2. The number of nitrogens with one attached hydrogen (secondary N) is 1. The number of aryl methyl sites for hydroxylation is 1. The third kappa shape index (κ3) is 2.82. The van der Waals surface area contributed by atoms with Gasteiger partial charge in [0.05, 0.1) is 6.20 Å². The maximum Gasteiger partial charge on any atom is 0.222 e. The van der Waals surface area contributed by atoms with Crippen LogP contribution in [0.5, 0.6) is 0 Å². The molecule has 88 valence electrons. The first-order chi connectivity index (χ1) is 8.16. The van der Waals surface area contributed by atoms with Crippen molar-refractivity contribution in [3.8, 4) is 0 Å². The number of nitrogen functional groups attached to an aromatic ring is 1. The van der Waals surface area contributed by atoms with Gasteiger partial charge in [0.15, 0.2) is 5.82 Å². The Bertz CT molecular complexity index is 529. The van der Waals surface area contributed by atoms with Crippen molar-refractivity contribution in [2.75, 3.05) is 11.1 Å². The number of pyridine rings is 1. The second-order valence-corrected chi connectivity index (χ2v) is 3.99. The number of rotatable bonds is 3. The van der Waals surface area contributed by atoms with Crippen LogP contribution in [-0.4, -0.2) is 15.0 Å². The number of nitrogens with zero attached hydrogens (tertiary/aromatic N) is 3. The average Bonchev–Trinajstić information content (AvgIpc) is 2.32. The highest BCUT2D eigenvalue weighted by Crippen LogP contribution is 2.19. The molecule has 0 atom stereocenters. The van der Waals surface area contributed by atoms with E-state index in [0.717, 1.165) is 11.1 Å². The van der Waals surface area contributed by atoms with Gasteiger partial charge in [0.25, 0.3) is 0 Å². The highest BCUT2D eigenvalue weighted by atomic mass is 35.5. The molecule has 2 rings (SSSR count). The molecule has 0 amide bonds. The van der Waals surface area contributed by atoms with Crippen LogP contribution >= 0.6 is 11.6 Å². The Morgan fingerprint density at radius 3 is 3.00 bits per heavy atom. The van der Waals surface area contributed by atoms with Crippen LogP contribution in [0, 0.1) is 6.92 Å². The van der Waals surface area contributed by atoms with E-state index in [2.05, 4.69) is 20.3 Å². The Morgan fingerprint density at radius 1 is 1.41 bits per heavy atom. The third-order valence-corrected chi connectivity index (χ3v) is 2.62. The van der Waals surface area contributed by atoms with E-state index in [1.165, 1.54) is 6.20 Å². The van der Waals surface area contributed by atoms with Crippen molar-refractivity contribution in [1.82, 2.24) is 15.0 Å². The van der Waals surface area contributed by atoms with Gasteiger partial charge in [0, 0.05) is 18.9 Å². The lowest BCUT2D eigenvalue weighted by Gasteiger charge is -2.09. The van der Waals surface area contributed by atoms with Crippen molar-refractivity contribution < 1.29 is 0 Å². The first-order valence-electron chi connectivity index (χ1n) is 5.08. The van der Waals surface area contributed by atoms with Gasteiger partial charge in [-0.3, -0.25) is 4.98 Å². The minimum Gasteiger partial charge on any atom is -0.368 e. The maximum atomic E-state index is 5.95. The number of nitrogens with two attached hydrogens (primary N) is 1. The van der Waals surface area contributed by atoms with Gasteiger partial charge in [-0.15, -0.1) is 0 Å². The van der Waals surface area contributed by atoms with Gasteiger partial charge < -0.3 is 11.1 Å². The molecule has 2 aromatic rings. The highest BCUT2D eigenvalue weighted by molar-refractivity contribution is 6.32. The average molecular weight is 250 g/mol. The minimum atomic E-state index is 0.198. The molecule has 0 fully saturated rings. The first-order valence-corrected chi connectivity index (χ1v) is 5.46. The van der Waals surface area contributed by atoms with Crippen molar-refractivity contribution >= 4 is 23.4 Å². The molecule has 6 heteroatoms. The van der Waals surface area contributed by atoms with E-state index in [0.29, 0.717) is 17.4 Å². The summed E-state index contributed by atoms with van der Waals surface area (Å²) in [5, 5.41) is 3.57. The molecule has 17 heavy (non-hydrogen) atoms. The van der Waals surface area contributed by atoms with Crippen molar-refractivity contribution in [2.45, 2.75) is 13.5 Å². The Kier molecular flexibility index (Phi) is 3.39. The van der Waals surface area contributed by atoms with Crippen LogP contribution in [-0.2, 0) is 6.54 Å². The Morgan fingerprint density at radius 2 is 2.24 bits per heavy atom. The highest BCUT2D eigenvalue weighted by Gasteiger charge is 2.04. The summed E-state index contributed by atoms with van der Waals surface area (Å²) in [7, 11) is 0. The van der Waals surface area contributed by atoms with E-state index < -0.39 is 0 Å². The summed E-state index contributed by atoms with van der Waals surface area (Å²) in [5.41, 5.74) is 7.74. The zero-order valence-electron chi connectivity index (χ0n) is 9.31. The summed E-state index contributed by atoms with van der Waals surface area (Å²) in [6.45, 7) is 2.62. The Labute approximate surface area is 104 Å². The molecule has 0 radical (unpaired) electrons. The zero-order chi connectivity index (χ0) is 12.3. The fraction of sp³-hybridized carbons (Fsp3) is 0.182. The number of halogens is 1. The molecule has 0 aliphatic rings. The van der Waals surface area contributed by atoms with Crippen LogP contribution in [0.25, 0.3) is 0 Å². The van der Waals surface area contributed by atoms with Crippen molar-refractivity contribution in [3.63, 3.8) is 0 Å². The van der Waals surface area contributed by atoms with Crippen LogP contribution in [0.15, 0.2) is 24.7 Å². The zero-order valence-corrected chi connectivity index (χ0v) is 10.1. The van der Waals surface area contributed by atoms with Crippen molar-refractivity contribution in [1.29, 1.82) is 0 Å². The Hall–Kier alpha value is -1.88. The molecule has 0 aliphatic heterocycles. The molecule has 5 nitrogen and oxygen atoms in total. The lowest BCUT2D eigenvalue weighted by Crippen LogP contribution is -2.06. The van der Waals surface area contributed by atoms with Gasteiger partial charge in [0.2, 0.25) is 5.95 Å². The lowest BCUT2D eigenvalue weighted by atomic mass is 10.1. The summed E-state index contributed by atoms with van der Waals surface area (Å²) in [6.07, 6.45) is 5.04. The van der Waals surface area contributed by atoms with Gasteiger partial charge >= 0.3 is 0 Å². The third-order valence-electron chi connectivity index (χ3n) is 2.35. The fourth-order valence-corrected chi connectivity index (χ4v) is 1.54. The normalized spacial score (nSPS) is 10.2. The quantitative estimate of drug-likeness (QED) is 0.870. The maximum absolute atomic E-state index is 5.95. The van der Waals surface area contributed by atoms with Crippen LogP contribution in [0.3, 0.4) is 0 Å². The van der Waals surface area contributed by atoms with E-state index in [1.54, 1.807) is 6.20 Å². The monoisotopic (exact) mass is 249 g/mol. The molecule has 0 saturated carbocycles. The molecule has 3 N–H and O–H groups in total. The molecule has 0 unspecified atom stereocenters. The molecule has 0 saturated heterocycles. The molecular weight excluding hydrogens is 238 g/mol. The standard InChI is InChI=1S/C11H12ClN5/c1-7-4-14-3-2-8(7)5-15-10-9(12)6-16-11(13)17-10/h2-4,6H,5H2,1H3,(H3,13,15,16,17). The lowest BCUT2D eigenvalue weighted by molar-refractivity contribution is 1.06. The predicted molar refractivity (Wildman–Crippen MR) is 67.8 cm³/mol. The predicted octanol–water partition coefficient (Wildman–Crippen LogP) is 2.03. The van der Waals surface area contributed by atoms with E-state index in [1.807, 2.05) is 19.2 Å². The van der Waals surface area contributed by atoms with Gasteiger partial charge in [-0.1, -0.05) is 11.6 Å². The van der Waals surface area contributed by atoms with Crippen LogP contribution < -0.4 is 11.1 Å². The van der Waals surface area contributed by atoms with Gasteiger partial charge in [0.1, 0.15) is 5.02 Å². The number of anilines is 2. The molecule has 2 heterocycles. The SMILES string of the molecule is Cc1cnccc1CNc1nc(N)ncc1Cl. The van der Waals surface area contributed by atoms with Gasteiger partial charge in [-0.05, 0) is 24.1 Å². The first kappa shape index (κ1) is 11.6. The van der Waals surface area contributed by atoms with E-state index in [-0.39, 0.29) is 5.95 Å². The van der Waals surface area contributed by atoms with E-state index >= 15 is 0 Å². The topological polar surface area (TPSA) is 76.7 Å². The molecule has 0 aliphatic carbocycles. The minimum absolute atomic E-state index is 0.198. The van der Waals surface area contributed by atoms with Crippen molar-refractivity contribution in [3.05, 3.63) is 40.8 Å². The van der Waals surface area contributed by atoms with Crippen LogP contribution in [0.4, 0.5) is 11.8 Å². The summed E-state index contributed by atoms with van der Waals surface area (Å²) < 4.78 is 0. The molecule has 0 spiro atoms. The van der Waals surface area contributed by atoms with Crippen LogP contribution in [0.2, 0.25) is 5.02 Å². The summed E-state index contributed by atoms with van der Waals surface area (Å²) in [4.78, 5) is 11.9. The summed E-state index contributed by atoms with van der Waals surface area (Å²) in [5.74, 6) is 0.735. The molecule has 0 bridgehead atoms. The number of aromatic nitrogens is 3.